The summed E-state index contributed by atoms with van der Waals surface area (Å²) in [6.07, 6.45) is 2.89. The minimum atomic E-state index is -0.0289. The third-order valence-electron chi connectivity index (χ3n) is 2.82. The molecule has 1 aromatic rings. The summed E-state index contributed by atoms with van der Waals surface area (Å²) in [6.45, 7) is 1.70. The van der Waals surface area contributed by atoms with Gasteiger partial charge in [-0.05, 0) is 18.2 Å². The van der Waals surface area contributed by atoms with Crippen molar-refractivity contribution in [1.82, 2.24) is 16.0 Å². The molecule has 0 bridgehead atoms. The number of nitrogens with one attached hydrogen (secondary N) is 3. The van der Waals surface area contributed by atoms with Crippen LogP contribution in [0.1, 0.15) is 5.56 Å². The van der Waals surface area contributed by atoms with Crippen LogP contribution in [0.15, 0.2) is 35.3 Å². The molecule has 0 radical (unpaired) electrons. The number of aliphatic imine (C=N–C) groups is 1. The standard InChI is InChI=1S/C15H24N4OS.HI/c1-16-15(18-10-11-21-2)19-12-14(20)17-9-8-13-6-4-3-5-7-13;/h3-7H,8-12H2,1-2H3,(H,17,20)(H2,16,18,19);1H. The lowest BCUT2D eigenvalue weighted by Gasteiger charge is -2.11. The van der Waals surface area contributed by atoms with Crippen LogP contribution in [0.25, 0.3) is 0 Å². The van der Waals surface area contributed by atoms with E-state index in [1.165, 1.54) is 5.56 Å². The monoisotopic (exact) mass is 436 g/mol. The molecule has 0 aliphatic heterocycles. The molecule has 0 heterocycles. The molecule has 0 atom stereocenters. The Bertz CT molecular complexity index is 442. The predicted octanol–water partition coefficient (Wildman–Crippen LogP) is 1.49. The maximum Gasteiger partial charge on any atom is 0.239 e. The minimum absolute atomic E-state index is 0. The summed E-state index contributed by atoms with van der Waals surface area (Å²) in [5.74, 6) is 1.63. The minimum Gasteiger partial charge on any atom is -0.356 e. The van der Waals surface area contributed by atoms with Crippen LogP contribution in [-0.4, -0.2) is 50.6 Å². The maximum atomic E-state index is 11.7. The van der Waals surface area contributed by atoms with Crippen LogP contribution >= 0.6 is 35.7 Å². The molecule has 7 heteroatoms. The average molecular weight is 436 g/mol. The number of halogens is 1. The summed E-state index contributed by atoms with van der Waals surface area (Å²) in [5, 5.41) is 9.03. The number of hydrogen-bond acceptors (Lipinski definition) is 3. The Kier molecular flexibility index (Phi) is 13.1. The highest BCUT2D eigenvalue weighted by molar-refractivity contribution is 14.0. The number of guanidine groups is 1. The fourth-order valence-corrected chi connectivity index (χ4v) is 2.02. The van der Waals surface area contributed by atoms with E-state index in [-0.39, 0.29) is 36.4 Å². The first kappa shape index (κ1) is 21.0. The van der Waals surface area contributed by atoms with Gasteiger partial charge in [-0.2, -0.15) is 11.8 Å². The Labute approximate surface area is 154 Å². The third-order valence-corrected chi connectivity index (χ3v) is 3.43. The molecule has 0 aliphatic rings. The lowest BCUT2D eigenvalue weighted by atomic mass is 10.1. The smallest absolute Gasteiger partial charge is 0.239 e. The van der Waals surface area contributed by atoms with Gasteiger partial charge in [0.15, 0.2) is 5.96 Å². The quantitative estimate of drug-likeness (QED) is 0.250. The Balaban J connectivity index is 0.00000441. The van der Waals surface area contributed by atoms with Crippen LogP contribution in [0.3, 0.4) is 0 Å². The highest BCUT2D eigenvalue weighted by Gasteiger charge is 2.02. The molecule has 22 heavy (non-hydrogen) atoms. The van der Waals surface area contributed by atoms with Gasteiger partial charge in [-0.1, -0.05) is 30.3 Å². The fourth-order valence-electron chi connectivity index (χ4n) is 1.71. The van der Waals surface area contributed by atoms with Gasteiger partial charge in [0.1, 0.15) is 0 Å². The van der Waals surface area contributed by atoms with Gasteiger partial charge in [-0.15, -0.1) is 24.0 Å². The molecule has 0 aromatic heterocycles. The Morgan fingerprint density at radius 2 is 1.86 bits per heavy atom. The molecule has 124 valence electrons. The molecule has 0 spiro atoms. The van der Waals surface area contributed by atoms with Gasteiger partial charge in [0.25, 0.3) is 0 Å². The number of carbonyl (C=O) groups excluding carboxylic acids is 1. The van der Waals surface area contributed by atoms with E-state index in [1.54, 1.807) is 18.8 Å². The van der Waals surface area contributed by atoms with Gasteiger partial charge in [-0.25, -0.2) is 0 Å². The van der Waals surface area contributed by atoms with Crippen molar-refractivity contribution in [3.05, 3.63) is 35.9 Å². The molecule has 1 aromatic carbocycles. The lowest BCUT2D eigenvalue weighted by molar-refractivity contribution is -0.119. The van der Waals surface area contributed by atoms with Crippen LogP contribution in [0, 0.1) is 0 Å². The van der Waals surface area contributed by atoms with Gasteiger partial charge < -0.3 is 16.0 Å². The Hall–Kier alpha value is -0.960. The molecular weight excluding hydrogens is 411 g/mol. The highest BCUT2D eigenvalue weighted by Crippen LogP contribution is 1.97. The van der Waals surface area contributed by atoms with E-state index >= 15 is 0 Å². The molecule has 0 saturated heterocycles. The number of nitrogens with zero attached hydrogens (tertiary/aromatic N) is 1. The summed E-state index contributed by atoms with van der Waals surface area (Å²) in [4.78, 5) is 15.8. The molecule has 1 rings (SSSR count). The average Bonchev–Trinajstić information content (AvgIpc) is 2.52. The van der Waals surface area contributed by atoms with Crippen molar-refractivity contribution in [2.45, 2.75) is 6.42 Å². The van der Waals surface area contributed by atoms with E-state index < -0.39 is 0 Å². The second-order valence-electron chi connectivity index (χ2n) is 4.43. The van der Waals surface area contributed by atoms with Crippen molar-refractivity contribution in [2.24, 2.45) is 4.99 Å². The number of thioether (sulfide) groups is 1. The van der Waals surface area contributed by atoms with Crippen molar-refractivity contribution in [3.8, 4) is 0 Å². The van der Waals surface area contributed by atoms with Crippen LogP contribution < -0.4 is 16.0 Å². The van der Waals surface area contributed by atoms with E-state index in [0.717, 1.165) is 18.7 Å². The first-order valence-electron chi connectivity index (χ1n) is 7.00. The number of carbonyl (C=O) groups is 1. The first-order valence-corrected chi connectivity index (χ1v) is 8.39. The molecule has 0 saturated carbocycles. The topological polar surface area (TPSA) is 65.5 Å². The molecule has 0 unspecified atom stereocenters. The normalized spacial score (nSPS) is 10.5. The third kappa shape index (κ3) is 9.88. The molecule has 0 fully saturated rings. The summed E-state index contributed by atoms with van der Waals surface area (Å²) >= 11 is 1.76. The highest BCUT2D eigenvalue weighted by atomic mass is 127. The predicted molar refractivity (Wildman–Crippen MR) is 106 cm³/mol. The van der Waals surface area contributed by atoms with E-state index in [9.17, 15) is 4.79 Å². The molecule has 1 amide bonds. The molecule has 5 nitrogen and oxygen atoms in total. The zero-order valence-electron chi connectivity index (χ0n) is 13.1. The van der Waals surface area contributed by atoms with Crippen molar-refractivity contribution < 1.29 is 4.79 Å². The van der Waals surface area contributed by atoms with Crippen LogP contribution in [0.2, 0.25) is 0 Å². The lowest BCUT2D eigenvalue weighted by Crippen LogP contribution is -2.44. The second-order valence-corrected chi connectivity index (χ2v) is 5.42. The summed E-state index contributed by atoms with van der Waals surface area (Å²) < 4.78 is 0. The summed E-state index contributed by atoms with van der Waals surface area (Å²) in [7, 11) is 1.70. The van der Waals surface area contributed by atoms with Gasteiger partial charge in [0.2, 0.25) is 5.91 Å². The van der Waals surface area contributed by atoms with Crippen molar-refractivity contribution in [1.29, 1.82) is 0 Å². The Morgan fingerprint density at radius 3 is 2.50 bits per heavy atom. The van der Waals surface area contributed by atoms with E-state index in [2.05, 4.69) is 39.3 Å². The van der Waals surface area contributed by atoms with Gasteiger partial charge >= 0.3 is 0 Å². The molecule has 3 N–H and O–H groups in total. The maximum absolute atomic E-state index is 11.7. The second kappa shape index (κ2) is 13.7. The van der Waals surface area contributed by atoms with E-state index in [1.807, 2.05) is 18.2 Å². The number of benzene rings is 1. The number of rotatable bonds is 8. The first-order chi connectivity index (χ1) is 10.3. The SMILES string of the molecule is CN=C(NCCSC)NCC(=O)NCCc1ccccc1.I. The summed E-state index contributed by atoms with van der Waals surface area (Å²) in [5.41, 5.74) is 1.22. The van der Waals surface area contributed by atoms with Crippen molar-refractivity contribution in [3.63, 3.8) is 0 Å². The van der Waals surface area contributed by atoms with Gasteiger partial charge in [0, 0.05) is 25.9 Å². The van der Waals surface area contributed by atoms with Crippen LogP contribution in [0.4, 0.5) is 0 Å². The number of amides is 1. The van der Waals surface area contributed by atoms with Gasteiger partial charge in [0.05, 0.1) is 6.54 Å². The van der Waals surface area contributed by atoms with Crippen molar-refractivity contribution in [2.75, 3.05) is 38.7 Å². The van der Waals surface area contributed by atoms with E-state index in [0.29, 0.717) is 12.5 Å². The largest absolute Gasteiger partial charge is 0.356 e. The van der Waals surface area contributed by atoms with Crippen LogP contribution in [0.5, 0.6) is 0 Å². The fraction of sp³-hybridized carbons (Fsp3) is 0.467. The molecule has 0 aliphatic carbocycles. The Morgan fingerprint density at radius 1 is 1.14 bits per heavy atom. The van der Waals surface area contributed by atoms with E-state index in [4.69, 9.17) is 0 Å². The summed E-state index contributed by atoms with van der Waals surface area (Å²) in [6, 6.07) is 10.1. The molecular formula is C15H25IN4OS. The number of hydrogen-bond donors (Lipinski definition) is 3. The van der Waals surface area contributed by atoms with Gasteiger partial charge in [-0.3, -0.25) is 9.79 Å². The van der Waals surface area contributed by atoms with Crippen LogP contribution in [-0.2, 0) is 11.2 Å². The van der Waals surface area contributed by atoms with Crippen molar-refractivity contribution >= 4 is 47.6 Å². The zero-order chi connectivity index (χ0) is 15.3. The zero-order valence-corrected chi connectivity index (χ0v) is 16.2.